The van der Waals surface area contributed by atoms with Crippen LogP contribution in [0.3, 0.4) is 0 Å². The smallest absolute Gasteiger partial charge is 0.258 e. The van der Waals surface area contributed by atoms with Crippen molar-refractivity contribution in [2.24, 2.45) is 0 Å². The first-order chi connectivity index (χ1) is 11.5. The van der Waals surface area contributed by atoms with Gasteiger partial charge in [0.2, 0.25) is 10.0 Å². The molecule has 0 aliphatic carbocycles. The maximum absolute atomic E-state index is 12.8. The minimum absolute atomic E-state index is 0.104. The molecule has 0 bridgehead atoms. The van der Waals surface area contributed by atoms with Gasteiger partial charge in [-0.25, -0.2) is 8.42 Å². The molecule has 0 saturated carbocycles. The number of benzene rings is 1. The van der Waals surface area contributed by atoms with Crippen LogP contribution in [-0.4, -0.2) is 36.5 Å². The standard InChI is InChI=1S/C15H16N2O4S3/c18-17(19)12-3-5-13(6-4-12)24(20,21)16-8-7-15(23-11-9-16)14-2-1-10-22-14/h1-6,10,15H,7-9,11H2. The number of nitro benzene ring substituents is 1. The highest BCUT2D eigenvalue weighted by Crippen LogP contribution is 2.37. The van der Waals surface area contributed by atoms with E-state index in [1.165, 1.54) is 33.4 Å². The van der Waals surface area contributed by atoms with Crippen LogP contribution in [-0.2, 0) is 10.0 Å². The van der Waals surface area contributed by atoms with Gasteiger partial charge >= 0.3 is 0 Å². The average molecular weight is 385 g/mol. The second-order valence-corrected chi connectivity index (χ2v) is 9.55. The summed E-state index contributed by atoms with van der Waals surface area (Å²) in [5.74, 6) is 0.731. The van der Waals surface area contributed by atoms with Gasteiger partial charge in [0.1, 0.15) is 0 Å². The van der Waals surface area contributed by atoms with Crippen molar-refractivity contribution in [1.29, 1.82) is 0 Å². The number of non-ortho nitro benzene ring substituents is 1. The Morgan fingerprint density at radius 2 is 1.92 bits per heavy atom. The Balaban J connectivity index is 1.76. The Kier molecular flexibility index (Phi) is 5.24. The predicted molar refractivity (Wildman–Crippen MR) is 96.0 cm³/mol. The molecule has 24 heavy (non-hydrogen) atoms. The number of nitrogens with zero attached hydrogens (tertiary/aromatic N) is 2. The van der Waals surface area contributed by atoms with Gasteiger partial charge in [0, 0.05) is 41.1 Å². The fraction of sp³-hybridized carbons (Fsp3) is 0.333. The maximum atomic E-state index is 12.8. The van der Waals surface area contributed by atoms with Gasteiger partial charge in [-0.2, -0.15) is 16.1 Å². The zero-order valence-electron chi connectivity index (χ0n) is 12.7. The Labute approximate surface area is 148 Å². The first-order valence-corrected chi connectivity index (χ1v) is 10.7. The lowest BCUT2D eigenvalue weighted by Crippen LogP contribution is -2.33. The summed E-state index contributed by atoms with van der Waals surface area (Å²) in [6.45, 7) is 0.904. The molecule has 0 spiro atoms. The van der Waals surface area contributed by atoms with Crippen LogP contribution >= 0.6 is 23.1 Å². The molecule has 1 saturated heterocycles. The largest absolute Gasteiger partial charge is 0.269 e. The van der Waals surface area contributed by atoms with Crippen molar-refractivity contribution in [3.8, 4) is 0 Å². The number of thioether (sulfide) groups is 1. The lowest BCUT2D eigenvalue weighted by molar-refractivity contribution is -0.384. The van der Waals surface area contributed by atoms with Gasteiger partial charge in [0.25, 0.3) is 5.69 Å². The monoisotopic (exact) mass is 384 g/mol. The topological polar surface area (TPSA) is 80.5 Å². The molecule has 0 radical (unpaired) electrons. The van der Waals surface area contributed by atoms with Crippen LogP contribution in [0.2, 0.25) is 0 Å². The Morgan fingerprint density at radius 3 is 2.54 bits per heavy atom. The van der Waals surface area contributed by atoms with E-state index in [9.17, 15) is 18.5 Å². The van der Waals surface area contributed by atoms with Gasteiger partial charge in [-0.1, -0.05) is 6.07 Å². The summed E-state index contributed by atoms with van der Waals surface area (Å²) in [5, 5.41) is 13.1. The van der Waals surface area contributed by atoms with Crippen molar-refractivity contribution < 1.29 is 13.3 Å². The van der Waals surface area contributed by atoms with Crippen LogP contribution in [0.4, 0.5) is 5.69 Å². The SMILES string of the molecule is O=[N+]([O-])c1ccc(S(=O)(=O)N2CCSC(c3cccs3)CC2)cc1. The van der Waals surface area contributed by atoms with Gasteiger partial charge in [-0.15, -0.1) is 11.3 Å². The lowest BCUT2D eigenvalue weighted by Gasteiger charge is -2.19. The van der Waals surface area contributed by atoms with Gasteiger partial charge in [0.15, 0.2) is 0 Å². The molecular formula is C15H16N2O4S3. The third-order valence-electron chi connectivity index (χ3n) is 3.85. The van der Waals surface area contributed by atoms with E-state index in [1.54, 1.807) is 23.1 Å². The van der Waals surface area contributed by atoms with Crippen molar-refractivity contribution in [2.45, 2.75) is 16.6 Å². The zero-order valence-corrected chi connectivity index (χ0v) is 15.1. The van der Waals surface area contributed by atoms with Crippen LogP contribution in [0.1, 0.15) is 16.5 Å². The van der Waals surface area contributed by atoms with Crippen LogP contribution in [0.15, 0.2) is 46.7 Å². The molecule has 6 nitrogen and oxygen atoms in total. The van der Waals surface area contributed by atoms with E-state index < -0.39 is 14.9 Å². The quantitative estimate of drug-likeness (QED) is 0.595. The predicted octanol–water partition coefficient (Wildman–Crippen LogP) is 3.53. The number of nitro groups is 1. The highest BCUT2D eigenvalue weighted by molar-refractivity contribution is 7.99. The first kappa shape index (κ1) is 17.4. The van der Waals surface area contributed by atoms with Gasteiger partial charge in [0.05, 0.1) is 9.82 Å². The van der Waals surface area contributed by atoms with E-state index in [-0.39, 0.29) is 10.6 Å². The molecular weight excluding hydrogens is 368 g/mol. The summed E-state index contributed by atoms with van der Waals surface area (Å²) < 4.78 is 27.0. The van der Waals surface area contributed by atoms with E-state index >= 15 is 0 Å². The summed E-state index contributed by atoms with van der Waals surface area (Å²) in [5.41, 5.74) is -0.113. The van der Waals surface area contributed by atoms with E-state index in [4.69, 9.17) is 0 Å². The molecule has 1 fully saturated rings. The fourth-order valence-corrected chi connectivity index (χ4v) is 6.39. The maximum Gasteiger partial charge on any atom is 0.269 e. The summed E-state index contributed by atoms with van der Waals surface area (Å²) >= 11 is 3.47. The molecule has 0 N–H and O–H groups in total. The van der Waals surface area contributed by atoms with Crippen LogP contribution in [0.5, 0.6) is 0 Å². The van der Waals surface area contributed by atoms with Gasteiger partial charge in [-0.3, -0.25) is 10.1 Å². The number of hydrogen-bond acceptors (Lipinski definition) is 6. The Bertz CT molecular complexity index is 804. The number of hydrogen-bond donors (Lipinski definition) is 0. The number of sulfonamides is 1. The lowest BCUT2D eigenvalue weighted by atomic mass is 10.2. The molecule has 1 unspecified atom stereocenters. The molecule has 1 aliphatic heterocycles. The first-order valence-electron chi connectivity index (χ1n) is 7.38. The normalized spacial score (nSPS) is 19.8. The molecule has 3 rings (SSSR count). The van der Waals surface area contributed by atoms with E-state index in [0.29, 0.717) is 18.3 Å². The van der Waals surface area contributed by atoms with Crippen molar-refractivity contribution in [1.82, 2.24) is 4.31 Å². The summed E-state index contributed by atoms with van der Waals surface area (Å²) in [7, 11) is -3.62. The molecule has 9 heteroatoms. The molecule has 2 heterocycles. The highest BCUT2D eigenvalue weighted by Gasteiger charge is 2.29. The molecule has 0 amide bonds. The van der Waals surface area contributed by atoms with Crippen LogP contribution in [0, 0.1) is 10.1 Å². The second-order valence-electron chi connectivity index (χ2n) is 5.32. The van der Waals surface area contributed by atoms with Crippen molar-refractivity contribution in [3.05, 3.63) is 56.8 Å². The van der Waals surface area contributed by atoms with E-state index in [1.807, 2.05) is 11.4 Å². The molecule has 1 aliphatic rings. The summed E-state index contributed by atoms with van der Waals surface area (Å²) in [4.78, 5) is 11.5. The minimum atomic E-state index is -3.62. The zero-order chi connectivity index (χ0) is 17.2. The Morgan fingerprint density at radius 1 is 1.17 bits per heavy atom. The third kappa shape index (κ3) is 3.64. The van der Waals surface area contributed by atoms with Crippen LogP contribution < -0.4 is 0 Å². The Hall–Kier alpha value is -1.42. The molecule has 1 aromatic carbocycles. The fourth-order valence-electron chi connectivity index (χ4n) is 2.58. The molecule has 1 aromatic heterocycles. The summed E-state index contributed by atoms with van der Waals surface area (Å²) in [6.07, 6.45) is 0.761. The van der Waals surface area contributed by atoms with Crippen molar-refractivity contribution in [3.63, 3.8) is 0 Å². The van der Waals surface area contributed by atoms with Crippen molar-refractivity contribution in [2.75, 3.05) is 18.8 Å². The van der Waals surface area contributed by atoms with Gasteiger partial charge in [-0.05, 0) is 30.0 Å². The van der Waals surface area contributed by atoms with Crippen molar-refractivity contribution >= 4 is 38.8 Å². The highest BCUT2D eigenvalue weighted by atomic mass is 32.2. The van der Waals surface area contributed by atoms with Crippen LogP contribution in [0.25, 0.3) is 0 Å². The molecule has 1 atom stereocenters. The van der Waals surface area contributed by atoms with E-state index in [2.05, 4.69) is 6.07 Å². The second kappa shape index (κ2) is 7.22. The summed E-state index contributed by atoms with van der Waals surface area (Å²) in [6, 6.07) is 9.17. The third-order valence-corrected chi connectivity index (χ3v) is 8.20. The van der Waals surface area contributed by atoms with Gasteiger partial charge < -0.3 is 0 Å². The van der Waals surface area contributed by atoms with E-state index in [0.717, 1.165) is 12.2 Å². The average Bonchev–Trinajstić information content (AvgIpc) is 2.99. The molecule has 2 aromatic rings. The minimum Gasteiger partial charge on any atom is -0.258 e. The molecule has 128 valence electrons. The number of rotatable bonds is 4. The number of thiophene rings is 1.